The van der Waals surface area contributed by atoms with Crippen LogP contribution < -0.4 is 5.32 Å². The molecule has 0 spiro atoms. The predicted molar refractivity (Wildman–Crippen MR) is 73.7 cm³/mol. The maximum absolute atomic E-state index is 4.36. The number of hydrogen-bond donors (Lipinski definition) is 1. The number of nitrogens with zero attached hydrogens (tertiary/aromatic N) is 3. The molecule has 1 N–H and O–H groups in total. The highest BCUT2D eigenvalue weighted by molar-refractivity contribution is 7.16. The second-order valence-corrected chi connectivity index (χ2v) is 4.87. The van der Waals surface area contributed by atoms with Crippen LogP contribution in [0.15, 0.2) is 36.0 Å². The van der Waals surface area contributed by atoms with Crippen molar-refractivity contribution >= 4 is 27.2 Å². The largest absolute Gasteiger partial charge is 0.379 e. The summed E-state index contributed by atoms with van der Waals surface area (Å²) >= 11 is 1.65. The quantitative estimate of drug-likeness (QED) is 0.782. The van der Waals surface area contributed by atoms with Gasteiger partial charge < -0.3 is 5.32 Å². The van der Waals surface area contributed by atoms with Gasteiger partial charge in [-0.15, -0.1) is 11.3 Å². The fourth-order valence-electron chi connectivity index (χ4n) is 1.76. The van der Waals surface area contributed by atoms with Gasteiger partial charge >= 0.3 is 0 Å². The molecule has 0 saturated carbocycles. The molecule has 4 nitrogen and oxygen atoms in total. The van der Waals surface area contributed by atoms with Gasteiger partial charge in [-0.3, -0.25) is 0 Å². The normalized spacial score (nSPS) is 10.7. The maximum Gasteiger partial charge on any atom is 0.125 e. The lowest BCUT2D eigenvalue weighted by Gasteiger charge is -2.06. The Balaban J connectivity index is 1.76. The molecule has 0 atom stereocenters. The molecule has 0 amide bonds. The summed E-state index contributed by atoms with van der Waals surface area (Å²) in [5.41, 5.74) is 4.99. The number of anilines is 1. The molecule has 5 heteroatoms. The van der Waals surface area contributed by atoms with Crippen LogP contribution in [0.5, 0.6) is 0 Å². The van der Waals surface area contributed by atoms with Gasteiger partial charge in [-0.25, -0.2) is 15.0 Å². The molecule has 0 radical (unpaired) electrons. The van der Waals surface area contributed by atoms with Gasteiger partial charge in [-0.05, 0) is 31.2 Å². The van der Waals surface area contributed by atoms with Crippen LogP contribution in [0.2, 0.25) is 0 Å². The summed E-state index contributed by atoms with van der Waals surface area (Å²) in [5, 5.41) is 3.36. The Morgan fingerprint density at radius 2 is 2.17 bits per heavy atom. The van der Waals surface area contributed by atoms with E-state index >= 15 is 0 Å². The summed E-state index contributed by atoms with van der Waals surface area (Å²) in [7, 11) is 0. The summed E-state index contributed by atoms with van der Waals surface area (Å²) in [4.78, 5) is 12.7. The first kappa shape index (κ1) is 11.1. The van der Waals surface area contributed by atoms with E-state index in [4.69, 9.17) is 0 Å². The van der Waals surface area contributed by atoms with Crippen LogP contribution in [0, 0.1) is 6.92 Å². The molecule has 18 heavy (non-hydrogen) atoms. The second-order valence-electron chi connectivity index (χ2n) is 3.98. The van der Waals surface area contributed by atoms with Crippen LogP contribution in [0.1, 0.15) is 11.5 Å². The number of benzene rings is 1. The van der Waals surface area contributed by atoms with Crippen molar-refractivity contribution in [2.24, 2.45) is 0 Å². The first-order chi connectivity index (χ1) is 8.81. The summed E-state index contributed by atoms with van der Waals surface area (Å²) in [6.45, 7) is 2.60. The Hall–Kier alpha value is -2.01. The van der Waals surface area contributed by atoms with E-state index < -0.39 is 0 Å². The van der Waals surface area contributed by atoms with E-state index in [2.05, 4.69) is 26.3 Å². The van der Waals surface area contributed by atoms with Crippen molar-refractivity contribution < 1.29 is 0 Å². The molecule has 0 bridgehead atoms. The molecular weight excluding hydrogens is 244 g/mol. The average molecular weight is 256 g/mol. The van der Waals surface area contributed by atoms with Crippen LogP contribution in [0.25, 0.3) is 10.2 Å². The molecule has 2 heterocycles. The number of thiazole rings is 1. The molecule has 0 aliphatic heterocycles. The maximum atomic E-state index is 4.36. The molecule has 3 rings (SSSR count). The van der Waals surface area contributed by atoms with Crippen molar-refractivity contribution in [2.75, 3.05) is 5.32 Å². The van der Waals surface area contributed by atoms with Crippen LogP contribution in [-0.2, 0) is 6.54 Å². The van der Waals surface area contributed by atoms with Crippen LogP contribution in [-0.4, -0.2) is 15.0 Å². The highest BCUT2D eigenvalue weighted by Crippen LogP contribution is 2.21. The van der Waals surface area contributed by atoms with E-state index in [1.54, 1.807) is 17.5 Å². The van der Waals surface area contributed by atoms with E-state index in [9.17, 15) is 0 Å². The SMILES string of the molecule is Cc1nccc(CNc2ccc3ncsc3c2)n1. The monoisotopic (exact) mass is 256 g/mol. The first-order valence-corrected chi connectivity index (χ1v) is 6.55. The van der Waals surface area contributed by atoms with Crippen molar-refractivity contribution in [3.63, 3.8) is 0 Å². The third-order valence-electron chi connectivity index (χ3n) is 2.64. The third kappa shape index (κ3) is 2.31. The van der Waals surface area contributed by atoms with Gasteiger partial charge in [0.05, 0.1) is 28.0 Å². The van der Waals surface area contributed by atoms with Gasteiger partial charge in [-0.1, -0.05) is 0 Å². The van der Waals surface area contributed by atoms with Crippen molar-refractivity contribution in [3.8, 4) is 0 Å². The molecule has 90 valence electrons. The average Bonchev–Trinajstić information content (AvgIpc) is 2.84. The van der Waals surface area contributed by atoms with Crippen molar-refractivity contribution in [3.05, 3.63) is 47.5 Å². The van der Waals surface area contributed by atoms with Gasteiger partial charge in [0.25, 0.3) is 0 Å². The third-order valence-corrected chi connectivity index (χ3v) is 3.43. The van der Waals surface area contributed by atoms with E-state index in [1.165, 1.54) is 4.70 Å². The van der Waals surface area contributed by atoms with E-state index in [1.807, 2.05) is 30.6 Å². The second kappa shape index (κ2) is 4.70. The molecular formula is C13H12N4S. The van der Waals surface area contributed by atoms with Gasteiger partial charge in [0, 0.05) is 11.9 Å². The molecule has 0 aliphatic carbocycles. The van der Waals surface area contributed by atoms with Crippen molar-refractivity contribution in [1.29, 1.82) is 0 Å². The molecule has 0 aliphatic rings. The van der Waals surface area contributed by atoms with Gasteiger partial charge in [0.15, 0.2) is 0 Å². The number of nitrogens with one attached hydrogen (secondary N) is 1. The van der Waals surface area contributed by atoms with Crippen LogP contribution in [0.4, 0.5) is 5.69 Å². The smallest absolute Gasteiger partial charge is 0.125 e. The van der Waals surface area contributed by atoms with Crippen LogP contribution in [0.3, 0.4) is 0 Å². The number of fused-ring (bicyclic) bond motifs is 1. The number of hydrogen-bond acceptors (Lipinski definition) is 5. The predicted octanol–water partition coefficient (Wildman–Crippen LogP) is 3.01. The van der Waals surface area contributed by atoms with E-state index in [0.29, 0.717) is 6.54 Å². The number of aryl methyl sites for hydroxylation is 1. The standard InChI is InChI=1S/C13H12N4S/c1-9-14-5-4-11(17-9)7-15-10-2-3-12-13(6-10)18-8-16-12/h2-6,8,15H,7H2,1H3. The summed E-state index contributed by atoms with van der Waals surface area (Å²) in [6.07, 6.45) is 1.78. The Kier molecular flexibility index (Phi) is 2.90. The highest BCUT2D eigenvalue weighted by Gasteiger charge is 2.00. The Bertz CT molecular complexity index is 677. The number of rotatable bonds is 3. The highest BCUT2D eigenvalue weighted by atomic mass is 32.1. The van der Waals surface area contributed by atoms with Gasteiger partial charge in [-0.2, -0.15) is 0 Å². The lowest BCUT2D eigenvalue weighted by Crippen LogP contribution is -2.02. The molecule has 0 fully saturated rings. The fraction of sp³-hybridized carbons (Fsp3) is 0.154. The zero-order chi connectivity index (χ0) is 12.4. The summed E-state index contributed by atoms with van der Waals surface area (Å²) in [6, 6.07) is 8.10. The van der Waals surface area contributed by atoms with E-state index in [0.717, 1.165) is 22.7 Å². The zero-order valence-electron chi connectivity index (χ0n) is 9.92. The van der Waals surface area contributed by atoms with E-state index in [-0.39, 0.29) is 0 Å². The lowest BCUT2D eigenvalue weighted by molar-refractivity contribution is 0.955. The van der Waals surface area contributed by atoms with Gasteiger partial charge in [0.1, 0.15) is 5.82 Å². The Labute approximate surface area is 109 Å². The van der Waals surface area contributed by atoms with Crippen LogP contribution >= 0.6 is 11.3 Å². The molecule has 0 unspecified atom stereocenters. The molecule has 3 aromatic rings. The van der Waals surface area contributed by atoms with Crippen molar-refractivity contribution in [2.45, 2.75) is 13.5 Å². The fourth-order valence-corrected chi connectivity index (χ4v) is 2.48. The number of aromatic nitrogens is 3. The zero-order valence-corrected chi connectivity index (χ0v) is 10.7. The minimum Gasteiger partial charge on any atom is -0.379 e. The topological polar surface area (TPSA) is 50.7 Å². The minimum atomic E-state index is 0.702. The van der Waals surface area contributed by atoms with Crippen molar-refractivity contribution in [1.82, 2.24) is 15.0 Å². The summed E-state index contributed by atoms with van der Waals surface area (Å²) in [5.74, 6) is 0.798. The molecule has 2 aromatic heterocycles. The molecule has 0 saturated heterocycles. The molecule has 1 aromatic carbocycles. The summed E-state index contributed by atoms with van der Waals surface area (Å²) < 4.78 is 1.19. The lowest BCUT2D eigenvalue weighted by atomic mass is 10.3. The Morgan fingerprint density at radius 1 is 1.22 bits per heavy atom. The Morgan fingerprint density at radius 3 is 3.06 bits per heavy atom. The van der Waals surface area contributed by atoms with Gasteiger partial charge in [0.2, 0.25) is 0 Å². The first-order valence-electron chi connectivity index (χ1n) is 5.67. The minimum absolute atomic E-state index is 0.702.